The molecule has 0 saturated carbocycles. The molecule has 2 rings (SSSR count). The van der Waals surface area contributed by atoms with Gasteiger partial charge in [0.2, 0.25) is 0 Å². The number of hydrogen-bond donors (Lipinski definition) is 3. The zero-order valence-electron chi connectivity index (χ0n) is 16.0. The molecule has 0 aliphatic carbocycles. The lowest BCUT2D eigenvalue weighted by molar-refractivity contribution is 0.409. The minimum atomic E-state index is 0. The highest BCUT2D eigenvalue weighted by Gasteiger charge is 2.05. The maximum absolute atomic E-state index is 9.98. The number of nitrogens with zero attached hydrogens (tertiary/aromatic N) is 1. The number of guanidine groups is 1. The number of aromatic hydroxyl groups is 1. The molecule has 0 saturated heterocycles. The van der Waals surface area contributed by atoms with Gasteiger partial charge in [0.05, 0.1) is 20.8 Å². The van der Waals surface area contributed by atoms with Gasteiger partial charge in [0, 0.05) is 18.7 Å². The highest BCUT2D eigenvalue weighted by atomic mass is 127. The van der Waals surface area contributed by atoms with Gasteiger partial charge in [-0.15, -0.1) is 24.0 Å². The topological polar surface area (TPSA) is 75.1 Å². The van der Waals surface area contributed by atoms with Gasteiger partial charge in [0.25, 0.3) is 0 Å². The van der Waals surface area contributed by atoms with Gasteiger partial charge in [-0.3, -0.25) is 0 Å². The Balaban J connectivity index is 0.00000364. The van der Waals surface area contributed by atoms with Crippen LogP contribution in [0, 0.1) is 0 Å². The van der Waals surface area contributed by atoms with Gasteiger partial charge in [-0.05, 0) is 43.2 Å². The zero-order chi connectivity index (χ0) is 18.8. The molecule has 0 radical (unpaired) electrons. The summed E-state index contributed by atoms with van der Waals surface area (Å²) >= 11 is 0. The molecule has 2 aromatic rings. The van der Waals surface area contributed by atoms with Crippen LogP contribution in [-0.2, 0) is 13.0 Å². The summed E-state index contributed by atoms with van der Waals surface area (Å²) in [5, 5.41) is 16.5. The van der Waals surface area contributed by atoms with Crippen LogP contribution in [0.1, 0.15) is 18.1 Å². The smallest absolute Gasteiger partial charge is 0.191 e. The van der Waals surface area contributed by atoms with E-state index in [1.807, 2.05) is 25.1 Å². The number of halogens is 1. The van der Waals surface area contributed by atoms with E-state index in [0.717, 1.165) is 30.8 Å². The molecule has 0 aliphatic heterocycles. The molecule has 0 aliphatic rings. The molecule has 0 unspecified atom stereocenters. The number of nitrogens with one attached hydrogen (secondary N) is 2. The average molecular weight is 485 g/mol. The fraction of sp³-hybridized carbons (Fsp3) is 0.350. The number of ether oxygens (including phenoxy) is 2. The van der Waals surface area contributed by atoms with Crippen molar-refractivity contribution in [3.05, 3.63) is 53.6 Å². The van der Waals surface area contributed by atoms with Crippen LogP contribution in [0.2, 0.25) is 0 Å². The normalized spacial score (nSPS) is 10.7. The van der Waals surface area contributed by atoms with E-state index in [1.165, 1.54) is 0 Å². The highest BCUT2D eigenvalue weighted by Crippen LogP contribution is 2.23. The highest BCUT2D eigenvalue weighted by molar-refractivity contribution is 14.0. The standard InChI is InChI=1S/C20H27N3O3.HI/c1-4-21-20(22-12-11-15-7-5-6-8-19(15)26-3)23-14-16-13-17(25-2)9-10-18(16)24;/h5-10,13,24H,4,11-12,14H2,1-3H3,(H2,21,22,23);1H. The van der Waals surface area contributed by atoms with Crippen molar-refractivity contribution < 1.29 is 14.6 Å². The fourth-order valence-corrected chi connectivity index (χ4v) is 2.55. The largest absolute Gasteiger partial charge is 0.508 e. The summed E-state index contributed by atoms with van der Waals surface area (Å²) in [6, 6.07) is 13.1. The number of methoxy groups -OCH3 is 2. The van der Waals surface area contributed by atoms with Crippen LogP contribution in [0.25, 0.3) is 0 Å². The second kappa shape index (κ2) is 12.3. The third-order valence-electron chi connectivity index (χ3n) is 3.92. The van der Waals surface area contributed by atoms with Gasteiger partial charge < -0.3 is 25.2 Å². The lowest BCUT2D eigenvalue weighted by Crippen LogP contribution is -2.38. The fourth-order valence-electron chi connectivity index (χ4n) is 2.55. The first-order valence-corrected chi connectivity index (χ1v) is 8.67. The minimum absolute atomic E-state index is 0. The monoisotopic (exact) mass is 485 g/mol. The molecule has 0 fully saturated rings. The Morgan fingerprint density at radius 2 is 1.81 bits per heavy atom. The number of phenolic OH excluding ortho intramolecular Hbond substituents is 1. The molecule has 0 amide bonds. The molecule has 148 valence electrons. The van der Waals surface area contributed by atoms with E-state index in [1.54, 1.807) is 32.4 Å². The molecule has 3 N–H and O–H groups in total. The molecule has 0 atom stereocenters. The van der Waals surface area contributed by atoms with E-state index in [-0.39, 0.29) is 29.7 Å². The van der Waals surface area contributed by atoms with Crippen LogP contribution in [0.5, 0.6) is 17.2 Å². The maximum atomic E-state index is 9.98. The molecule has 0 bridgehead atoms. The van der Waals surface area contributed by atoms with Gasteiger partial charge in [-0.2, -0.15) is 0 Å². The first kappa shape index (κ1) is 22.9. The quantitative estimate of drug-likeness (QED) is 0.304. The van der Waals surface area contributed by atoms with Gasteiger partial charge >= 0.3 is 0 Å². The van der Waals surface area contributed by atoms with E-state index in [4.69, 9.17) is 9.47 Å². The molecule has 27 heavy (non-hydrogen) atoms. The average Bonchev–Trinajstić information content (AvgIpc) is 2.67. The van der Waals surface area contributed by atoms with Crippen LogP contribution in [0.15, 0.2) is 47.5 Å². The van der Waals surface area contributed by atoms with Crippen molar-refractivity contribution in [1.29, 1.82) is 0 Å². The summed E-state index contributed by atoms with van der Waals surface area (Å²) in [7, 11) is 3.28. The Morgan fingerprint density at radius 3 is 2.52 bits per heavy atom. The Kier molecular flexibility index (Phi) is 10.4. The number of rotatable bonds is 8. The van der Waals surface area contributed by atoms with Crippen molar-refractivity contribution in [2.45, 2.75) is 19.9 Å². The molecule has 6 nitrogen and oxygen atoms in total. The van der Waals surface area contributed by atoms with E-state index in [0.29, 0.717) is 23.8 Å². The van der Waals surface area contributed by atoms with Crippen molar-refractivity contribution in [1.82, 2.24) is 10.6 Å². The van der Waals surface area contributed by atoms with E-state index < -0.39 is 0 Å². The Morgan fingerprint density at radius 1 is 1.04 bits per heavy atom. The summed E-state index contributed by atoms with van der Waals surface area (Å²) in [5.74, 6) is 2.49. The van der Waals surface area contributed by atoms with Gasteiger partial charge in [0.15, 0.2) is 5.96 Å². The molecule has 7 heteroatoms. The molecular weight excluding hydrogens is 457 g/mol. The van der Waals surface area contributed by atoms with Crippen LogP contribution in [0.3, 0.4) is 0 Å². The number of benzene rings is 2. The number of para-hydroxylation sites is 1. The SMILES string of the molecule is CCNC(=NCc1cc(OC)ccc1O)NCCc1ccccc1OC.I. The third-order valence-corrected chi connectivity index (χ3v) is 3.92. The lowest BCUT2D eigenvalue weighted by atomic mass is 10.1. The first-order valence-electron chi connectivity index (χ1n) is 8.67. The van der Waals surface area contributed by atoms with Crippen LogP contribution >= 0.6 is 24.0 Å². The number of aliphatic imine (C=N–C) groups is 1. The summed E-state index contributed by atoms with van der Waals surface area (Å²) in [6.45, 7) is 3.84. The maximum Gasteiger partial charge on any atom is 0.191 e. The summed E-state index contributed by atoms with van der Waals surface area (Å²) in [6.07, 6.45) is 0.818. The van der Waals surface area contributed by atoms with Crippen LogP contribution < -0.4 is 20.1 Å². The zero-order valence-corrected chi connectivity index (χ0v) is 18.3. The van der Waals surface area contributed by atoms with Crippen LogP contribution in [-0.4, -0.2) is 38.4 Å². The predicted molar refractivity (Wildman–Crippen MR) is 120 cm³/mol. The Labute approximate surface area is 178 Å². The predicted octanol–water partition coefficient (Wildman–Crippen LogP) is 3.33. The molecule has 0 spiro atoms. The van der Waals surface area contributed by atoms with E-state index in [2.05, 4.69) is 21.7 Å². The van der Waals surface area contributed by atoms with Crippen molar-refractivity contribution in [3.8, 4) is 17.2 Å². The van der Waals surface area contributed by atoms with Gasteiger partial charge in [0.1, 0.15) is 17.2 Å². The summed E-state index contributed by atoms with van der Waals surface area (Å²) in [5.41, 5.74) is 1.86. The van der Waals surface area contributed by atoms with E-state index in [9.17, 15) is 5.11 Å². The molecule has 0 heterocycles. The molecule has 0 aromatic heterocycles. The number of hydrogen-bond acceptors (Lipinski definition) is 4. The third kappa shape index (κ3) is 7.16. The first-order chi connectivity index (χ1) is 12.7. The van der Waals surface area contributed by atoms with Gasteiger partial charge in [-0.25, -0.2) is 4.99 Å². The van der Waals surface area contributed by atoms with Crippen molar-refractivity contribution >= 4 is 29.9 Å². The van der Waals surface area contributed by atoms with Crippen molar-refractivity contribution in [3.63, 3.8) is 0 Å². The molecule has 2 aromatic carbocycles. The second-order valence-electron chi connectivity index (χ2n) is 5.68. The van der Waals surface area contributed by atoms with Crippen molar-refractivity contribution in [2.24, 2.45) is 4.99 Å². The Bertz CT molecular complexity index is 738. The van der Waals surface area contributed by atoms with Crippen molar-refractivity contribution in [2.75, 3.05) is 27.3 Å². The van der Waals surface area contributed by atoms with Gasteiger partial charge in [-0.1, -0.05) is 18.2 Å². The number of phenols is 1. The lowest BCUT2D eigenvalue weighted by Gasteiger charge is -2.13. The van der Waals surface area contributed by atoms with E-state index >= 15 is 0 Å². The summed E-state index contributed by atoms with van der Waals surface area (Å²) < 4.78 is 10.6. The minimum Gasteiger partial charge on any atom is -0.508 e. The Hall–Kier alpha value is -2.16. The second-order valence-corrected chi connectivity index (χ2v) is 5.68. The van der Waals surface area contributed by atoms with Crippen LogP contribution in [0.4, 0.5) is 0 Å². The summed E-state index contributed by atoms with van der Waals surface area (Å²) in [4.78, 5) is 4.54. The molecular formula is C20H28IN3O3.